The number of esters is 1. The number of hydrogen-bond acceptors (Lipinski definition) is 2. The number of ether oxygens (including phenoxy) is 1. The molecule has 76 valence electrons. The van der Waals surface area contributed by atoms with Gasteiger partial charge in [0.15, 0.2) is 0 Å². The number of alkyl halides is 3. The van der Waals surface area contributed by atoms with Crippen LogP contribution in [0.5, 0.6) is 0 Å². The van der Waals surface area contributed by atoms with Crippen LogP contribution in [0.2, 0.25) is 0 Å². The second kappa shape index (κ2) is 5.61. The zero-order valence-corrected chi connectivity index (χ0v) is 7.06. The molecule has 13 heavy (non-hydrogen) atoms. The lowest BCUT2D eigenvalue weighted by atomic mass is 10.2. The highest BCUT2D eigenvalue weighted by Crippen LogP contribution is 2.21. The van der Waals surface area contributed by atoms with E-state index in [0.29, 0.717) is 0 Å². The fourth-order valence-corrected chi connectivity index (χ4v) is 0.659. The Labute approximate surface area is 74.4 Å². The van der Waals surface area contributed by atoms with Crippen LogP contribution in [0.15, 0.2) is 12.7 Å². The van der Waals surface area contributed by atoms with Crippen molar-refractivity contribution in [3.63, 3.8) is 0 Å². The summed E-state index contributed by atoms with van der Waals surface area (Å²) in [6.45, 7) is 3.16. The number of carbonyl (C=O) groups is 1. The van der Waals surface area contributed by atoms with Gasteiger partial charge in [-0.05, 0) is 12.8 Å². The molecule has 0 aliphatic heterocycles. The van der Waals surface area contributed by atoms with Crippen molar-refractivity contribution in [2.75, 3.05) is 6.61 Å². The zero-order chi connectivity index (χ0) is 10.3. The minimum atomic E-state index is -4.12. The second-order valence-electron chi connectivity index (χ2n) is 2.44. The smallest absolute Gasteiger partial charge is 0.389 e. The Morgan fingerprint density at radius 2 is 2.00 bits per heavy atom. The van der Waals surface area contributed by atoms with E-state index in [1.54, 1.807) is 0 Å². The molecular weight excluding hydrogens is 185 g/mol. The first kappa shape index (κ1) is 12.0. The predicted octanol–water partition coefficient (Wildman–Crippen LogP) is 2.45. The molecule has 0 atom stereocenters. The third-order valence-electron chi connectivity index (χ3n) is 1.27. The molecule has 0 aromatic carbocycles. The van der Waals surface area contributed by atoms with Crippen molar-refractivity contribution in [2.45, 2.75) is 25.4 Å². The van der Waals surface area contributed by atoms with E-state index in [4.69, 9.17) is 0 Å². The summed E-state index contributed by atoms with van der Waals surface area (Å²) in [5.74, 6) is -0.605. The number of hydrogen-bond donors (Lipinski definition) is 0. The Bertz CT molecular complexity index is 175. The summed E-state index contributed by atoms with van der Waals surface area (Å²) in [4.78, 5) is 10.4. The number of rotatable bonds is 5. The second-order valence-corrected chi connectivity index (χ2v) is 2.44. The van der Waals surface area contributed by atoms with Gasteiger partial charge in [-0.3, -0.25) is 0 Å². The molecule has 5 heteroatoms. The van der Waals surface area contributed by atoms with Crippen LogP contribution in [0.1, 0.15) is 19.3 Å². The molecule has 0 saturated heterocycles. The van der Waals surface area contributed by atoms with E-state index in [2.05, 4.69) is 11.3 Å². The van der Waals surface area contributed by atoms with Crippen LogP contribution in [0.3, 0.4) is 0 Å². The van der Waals surface area contributed by atoms with Crippen LogP contribution < -0.4 is 0 Å². The first-order chi connectivity index (χ1) is 5.95. The third kappa shape index (κ3) is 8.91. The number of unbranched alkanes of at least 4 members (excludes halogenated alkanes) is 1. The molecule has 0 saturated carbocycles. The number of halogens is 3. The van der Waals surface area contributed by atoms with Gasteiger partial charge in [0, 0.05) is 12.5 Å². The Balaban J connectivity index is 3.27. The number of carbonyl (C=O) groups excluding carboxylic acids is 1. The summed E-state index contributed by atoms with van der Waals surface area (Å²) in [6.07, 6.45) is -3.78. The fraction of sp³-hybridized carbons (Fsp3) is 0.625. The molecule has 0 unspecified atom stereocenters. The van der Waals surface area contributed by atoms with Crippen LogP contribution in [0.25, 0.3) is 0 Å². The molecule has 0 radical (unpaired) electrons. The van der Waals surface area contributed by atoms with Gasteiger partial charge < -0.3 is 4.74 Å². The molecule has 0 N–H and O–H groups in total. The summed E-state index contributed by atoms with van der Waals surface area (Å²) in [5, 5.41) is 0. The summed E-state index contributed by atoms with van der Waals surface area (Å²) < 4.78 is 39.2. The van der Waals surface area contributed by atoms with Crippen molar-refractivity contribution in [1.29, 1.82) is 0 Å². The third-order valence-corrected chi connectivity index (χ3v) is 1.27. The van der Waals surface area contributed by atoms with Crippen molar-refractivity contribution in [3.8, 4) is 0 Å². The lowest BCUT2D eigenvalue weighted by Crippen LogP contribution is -2.08. The largest absolute Gasteiger partial charge is 0.463 e. The molecule has 0 spiro atoms. The van der Waals surface area contributed by atoms with Crippen molar-refractivity contribution in [1.82, 2.24) is 0 Å². The van der Waals surface area contributed by atoms with Gasteiger partial charge in [0.2, 0.25) is 0 Å². The van der Waals surface area contributed by atoms with Crippen molar-refractivity contribution in [2.24, 2.45) is 0 Å². The summed E-state index contributed by atoms with van der Waals surface area (Å²) in [5.41, 5.74) is 0. The van der Waals surface area contributed by atoms with E-state index in [1.807, 2.05) is 0 Å². The topological polar surface area (TPSA) is 26.3 Å². The van der Waals surface area contributed by atoms with E-state index in [0.717, 1.165) is 6.08 Å². The lowest BCUT2D eigenvalue weighted by molar-refractivity contribution is -0.139. The van der Waals surface area contributed by atoms with Crippen molar-refractivity contribution < 1.29 is 22.7 Å². The van der Waals surface area contributed by atoms with Gasteiger partial charge in [-0.15, -0.1) is 0 Å². The maximum atomic E-state index is 11.6. The van der Waals surface area contributed by atoms with Gasteiger partial charge in [0.05, 0.1) is 6.61 Å². The van der Waals surface area contributed by atoms with Gasteiger partial charge in [-0.25, -0.2) is 4.79 Å². The fourth-order valence-electron chi connectivity index (χ4n) is 0.659. The Morgan fingerprint density at radius 1 is 1.38 bits per heavy atom. The zero-order valence-electron chi connectivity index (χ0n) is 7.06. The highest BCUT2D eigenvalue weighted by Gasteiger charge is 2.25. The van der Waals surface area contributed by atoms with Gasteiger partial charge in [0.25, 0.3) is 0 Å². The minimum absolute atomic E-state index is 0.0148. The van der Waals surface area contributed by atoms with E-state index >= 15 is 0 Å². The van der Waals surface area contributed by atoms with Crippen LogP contribution in [0, 0.1) is 0 Å². The van der Waals surface area contributed by atoms with E-state index < -0.39 is 18.6 Å². The molecule has 0 aliphatic carbocycles. The minimum Gasteiger partial charge on any atom is -0.463 e. The normalized spacial score (nSPS) is 11.0. The molecule has 0 heterocycles. The molecule has 0 bridgehead atoms. The highest BCUT2D eigenvalue weighted by molar-refractivity contribution is 5.81. The standard InChI is InChI=1S/C8H11F3O2/c1-2-7(12)13-6-4-3-5-8(9,10)11/h2H,1,3-6H2. The molecule has 0 rings (SSSR count). The van der Waals surface area contributed by atoms with Crippen LogP contribution >= 0.6 is 0 Å². The SMILES string of the molecule is C=CC(=O)OCCCCC(F)(F)F. The van der Waals surface area contributed by atoms with Gasteiger partial charge in [-0.2, -0.15) is 13.2 Å². The predicted molar refractivity (Wildman–Crippen MR) is 41.1 cm³/mol. The monoisotopic (exact) mass is 196 g/mol. The Kier molecular flexibility index (Phi) is 5.18. The van der Waals surface area contributed by atoms with E-state index in [-0.39, 0.29) is 19.4 Å². The van der Waals surface area contributed by atoms with E-state index in [9.17, 15) is 18.0 Å². The quantitative estimate of drug-likeness (QED) is 0.383. The van der Waals surface area contributed by atoms with E-state index in [1.165, 1.54) is 0 Å². The van der Waals surface area contributed by atoms with Gasteiger partial charge in [-0.1, -0.05) is 6.58 Å². The molecule has 0 fully saturated rings. The first-order valence-electron chi connectivity index (χ1n) is 3.81. The average molecular weight is 196 g/mol. The highest BCUT2D eigenvalue weighted by atomic mass is 19.4. The molecule has 2 nitrogen and oxygen atoms in total. The maximum Gasteiger partial charge on any atom is 0.389 e. The molecule has 0 amide bonds. The maximum absolute atomic E-state index is 11.6. The molecule has 0 aliphatic rings. The lowest BCUT2D eigenvalue weighted by Gasteiger charge is -2.05. The van der Waals surface area contributed by atoms with Crippen molar-refractivity contribution >= 4 is 5.97 Å². The molecular formula is C8H11F3O2. The summed E-state index contributed by atoms with van der Waals surface area (Å²) in [6, 6.07) is 0. The molecule has 0 aromatic heterocycles. The Morgan fingerprint density at radius 3 is 2.46 bits per heavy atom. The Hall–Kier alpha value is -1.00. The first-order valence-corrected chi connectivity index (χ1v) is 3.81. The average Bonchev–Trinajstić information content (AvgIpc) is 2.01. The van der Waals surface area contributed by atoms with Crippen molar-refractivity contribution in [3.05, 3.63) is 12.7 Å². The summed E-state index contributed by atoms with van der Waals surface area (Å²) in [7, 11) is 0. The van der Waals surface area contributed by atoms with Gasteiger partial charge >= 0.3 is 12.1 Å². The van der Waals surface area contributed by atoms with Crippen LogP contribution in [-0.4, -0.2) is 18.8 Å². The van der Waals surface area contributed by atoms with Crippen LogP contribution in [-0.2, 0) is 9.53 Å². The van der Waals surface area contributed by atoms with Gasteiger partial charge in [0.1, 0.15) is 0 Å². The van der Waals surface area contributed by atoms with Crippen LogP contribution in [0.4, 0.5) is 13.2 Å². The summed E-state index contributed by atoms with van der Waals surface area (Å²) >= 11 is 0. The molecule has 0 aromatic rings.